The van der Waals surface area contributed by atoms with Crippen LogP contribution in [0, 0.1) is 0 Å². The van der Waals surface area contributed by atoms with Crippen LogP contribution in [0.4, 0.5) is 0 Å². The summed E-state index contributed by atoms with van der Waals surface area (Å²) in [7, 11) is 0. The predicted octanol–water partition coefficient (Wildman–Crippen LogP) is 14.8. The molecule has 0 amide bonds. The van der Waals surface area contributed by atoms with Gasteiger partial charge < -0.3 is 0 Å². The summed E-state index contributed by atoms with van der Waals surface area (Å²) in [6.07, 6.45) is 17.3. The zero-order chi connectivity index (χ0) is 35.3. The fourth-order valence-electron chi connectivity index (χ4n) is 7.41. The van der Waals surface area contributed by atoms with Crippen LogP contribution in [0.25, 0.3) is 42.7 Å². The molecule has 5 aromatic carbocycles. The third kappa shape index (κ3) is 7.33. The van der Waals surface area contributed by atoms with E-state index in [9.17, 15) is 0 Å². The van der Waals surface area contributed by atoms with Crippen molar-refractivity contribution in [3.63, 3.8) is 0 Å². The lowest BCUT2D eigenvalue weighted by Gasteiger charge is -2.24. The molecule has 1 aliphatic heterocycles. The number of allylic oxidation sites excluding steroid dienone is 8. The number of aryl methyl sites for hydroxylation is 2. The lowest BCUT2D eigenvalue weighted by Crippen LogP contribution is -2.03. The third-order valence-corrected chi connectivity index (χ3v) is 12.4. The molecule has 0 unspecified atom stereocenters. The Morgan fingerprint density at radius 2 is 1.33 bits per heavy atom. The summed E-state index contributed by atoms with van der Waals surface area (Å²) in [5.41, 5.74) is 14.8. The first-order valence-electron chi connectivity index (χ1n) is 18.6. The summed E-state index contributed by atoms with van der Waals surface area (Å²) >= 11 is 3.74. The number of hydrogen-bond donors (Lipinski definition) is 0. The Bertz CT molecular complexity index is 2380. The van der Waals surface area contributed by atoms with Gasteiger partial charge in [-0.1, -0.05) is 147 Å². The van der Waals surface area contributed by atoms with Crippen LogP contribution in [0.2, 0.25) is 0 Å². The van der Waals surface area contributed by atoms with Crippen molar-refractivity contribution in [2.45, 2.75) is 50.8 Å². The standard InChI is InChI=1S/C50H43S2/c1-3-35-30-36(4-2)32-43(31-35)50-39(26-28-41-33-48(37-16-7-5-8-17-37)51-46-24-13-11-22-44(41)46)20-15-21-40(50)27-29-42-34-49(38-18-9-6-10-19-38)52-47-25-14-12-23-45(42)47/h5-14,16-19,22-34H,3-4,15,20-21H2,1-2H3/q+1. The van der Waals surface area contributed by atoms with Crippen molar-refractivity contribution in [2.24, 2.45) is 0 Å². The summed E-state index contributed by atoms with van der Waals surface area (Å²) in [5, 5.41) is 1.30. The smallest absolute Gasteiger partial charge is 0.0888 e. The van der Waals surface area contributed by atoms with E-state index in [1.54, 1.807) is 0 Å². The van der Waals surface area contributed by atoms with Crippen molar-refractivity contribution in [2.75, 3.05) is 0 Å². The van der Waals surface area contributed by atoms with Crippen LogP contribution in [0.3, 0.4) is 0 Å². The van der Waals surface area contributed by atoms with E-state index in [1.165, 1.54) is 86.0 Å². The highest BCUT2D eigenvalue weighted by Gasteiger charge is 2.21. The van der Waals surface area contributed by atoms with E-state index in [2.05, 4.69) is 178 Å². The van der Waals surface area contributed by atoms with Crippen molar-refractivity contribution in [3.8, 4) is 10.4 Å². The molecule has 254 valence electrons. The fourth-order valence-corrected chi connectivity index (χ4v) is 9.65. The summed E-state index contributed by atoms with van der Waals surface area (Å²) in [6, 6.07) is 48.9. The Balaban J connectivity index is 1.28. The molecule has 1 aromatic heterocycles. The van der Waals surface area contributed by atoms with Crippen molar-refractivity contribution in [1.82, 2.24) is 0 Å². The fraction of sp³-hybridized carbons (Fsp3) is 0.140. The van der Waals surface area contributed by atoms with Crippen molar-refractivity contribution < 1.29 is 0 Å². The van der Waals surface area contributed by atoms with Crippen LogP contribution in [-0.4, -0.2) is 0 Å². The van der Waals surface area contributed by atoms with Crippen LogP contribution in [0.15, 0.2) is 174 Å². The van der Waals surface area contributed by atoms with Gasteiger partial charge in [0.2, 0.25) is 20.9 Å². The lowest BCUT2D eigenvalue weighted by atomic mass is 9.81. The minimum Gasteiger partial charge on any atom is -0.0888 e. The Labute approximate surface area is 317 Å². The van der Waals surface area contributed by atoms with Crippen LogP contribution >= 0.6 is 23.1 Å². The van der Waals surface area contributed by atoms with E-state index in [0.29, 0.717) is 0 Å². The van der Waals surface area contributed by atoms with E-state index in [0.717, 1.165) is 32.1 Å². The van der Waals surface area contributed by atoms with E-state index in [1.807, 2.05) is 23.1 Å². The van der Waals surface area contributed by atoms with Gasteiger partial charge in [-0.15, -0.1) is 0 Å². The molecule has 2 heterocycles. The summed E-state index contributed by atoms with van der Waals surface area (Å²) in [4.78, 5) is 3.90. The number of hydrogen-bond acceptors (Lipinski definition) is 1. The summed E-state index contributed by atoms with van der Waals surface area (Å²) in [5.74, 6) is 0. The molecule has 2 heteroatoms. The van der Waals surface area contributed by atoms with Gasteiger partial charge in [0.1, 0.15) is 0 Å². The van der Waals surface area contributed by atoms with Crippen LogP contribution in [0.5, 0.6) is 0 Å². The second-order valence-corrected chi connectivity index (χ2v) is 15.7. The minimum atomic E-state index is 1.03. The molecule has 0 fully saturated rings. The first-order chi connectivity index (χ1) is 25.7. The van der Waals surface area contributed by atoms with Gasteiger partial charge in [-0.05, 0) is 118 Å². The molecular weight excluding hydrogens is 665 g/mol. The maximum Gasteiger partial charge on any atom is 0.239 e. The highest BCUT2D eigenvalue weighted by molar-refractivity contribution is 8.08. The maximum absolute atomic E-state index is 2.45. The van der Waals surface area contributed by atoms with E-state index >= 15 is 0 Å². The Morgan fingerprint density at radius 3 is 2.10 bits per heavy atom. The quantitative estimate of drug-likeness (QED) is 0.142. The molecule has 0 atom stereocenters. The highest BCUT2D eigenvalue weighted by Crippen LogP contribution is 2.45. The van der Waals surface area contributed by atoms with Gasteiger partial charge in [0, 0.05) is 32.9 Å². The zero-order valence-corrected chi connectivity index (χ0v) is 31.6. The number of benzene rings is 5. The normalized spacial score (nSPS) is 16.2. The molecule has 0 N–H and O–H groups in total. The van der Waals surface area contributed by atoms with Gasteiger partial charge in [0.25, 0.3) is 0 Å². The molecule has 0 radical (unpaired) electrons. The molecule has 8 rings (SSSR count). The van der Waals surface area contributed by atoms with Crippen molar-refractivity contribution in [3.05, 3.63) is 202 Å². The first kappa shape index (κ1) is 34.1. The van der Waals surface area contributed by atoms with Crippen molar-refractivity contribution in [1.29, 1.82) is 0 Å². The zero-order valence-electron chi connectivity index (χ0n) is 29.9. The monoisotopic (exact) mass is 707 g/mol. The highest BCUT2D eigenvalue weighted by atomic mass is 32.2. The minimum absolute atomic E-state index is 1.03. The van der Waals surface area contributed by atoms with Gasteiger partial charge in [0.15, 0.2) is 0 Å². The molecule has 0 saturated carbocycles. The molecule has 1 aliphatic carbocycles. The maximum atomic E-state index is 2.45. The molecule has 0 bridgehead atoms. The average molecular weight is 708 g/mol. The molecular formula is C50H43S2+. The van der Waals surface area contributed by atoms with Gasteiger partial charge in [-0.3, -0.25) is 0 Å². The first-order valence-corrected chi connectivity index (χ1v) is 20.2. The van der Waals surface area contributed by atoms with Crippen molar-refractivity contribution >= 4 is 55.3 Å². The van der Waals surface area contributed by atoms with E-state index in [4.69, 9.17) is 0 Å². The summed E-state index contributed by atoms with van der Waals surface area (Å²) < 4.78 is 1.31. The average Bonchev–Trinajstić information content (AvgIpc) is 3.22. The van der Waals surface area contributed by atoms with Crippen LogP contribution in [-0.2, 0) is 12.8 Å². The van der Waals surface area contributed by atoms with Gasteiger partial charge >= 0.3 is 0 Å². The number of fused-ring (bicyclic) bond motifs is 2. The lowest BCUT2D eigenvalue weighted by molar-refractivity contribution is 0.806. The molecule has 6 aromatic rings. The Morgan fingerprint density at radius 1 is 0.635 bits per heavy atom. The molecule has 0 saturated heterocycles. The molecule has 2 aliphatic rings. The Hall–Kier alpha value is -5.02. The molecule has 0 nitrogen and oxygen atoms in total. The SMILES string of the molecule is CCc1cc(CC)cc(C2=C(/C=C/c3cc(-c4ccccc4)[s+]c4ccccc34)CCC/C2=C\C=C2/C=C(c3ccccc3)Sc3ccccc32)c1. The molecule has 52 heavy (non-hydrogen) atoms. The predicted molar refractivity (Wildman–Crippen MR) is 229 cm³/mol. The topological polar surface area (TPSA) is 0 Å². The van der Waals surface area contributed by atoms with E-state index < -0.39 is 0 Å². The van der Waals surface area contributed by atoms with Gasteiger partial charge in [-0.25, -0.2) is 0 Å². The third-order valence-electron chi connectivity index (χ3n) is 10.1. The Kier molecular flexibility index (Phi) is 10.3. The van der Waals surface area contributed by atoms with Gasteiger partial charge in [0.05, 0.1) is 0 Å². The van der Waals surface area contributed by atoms with E-state index in [-0.39, 0.29) is 0 Å². The van der Waals surface area contributed by atoms with Gasteiger partial charge in [-0.2, -0.15) is 0 Å². The second-order valence-electron chi connectivity index (χ2n) is 13.5. The van der Waals surface area contributed by atoms with Crippen LogP contribution < -0.4 is 0 Å². The largest absolute Gasteiger partial charge is 0.239 e. The number of thioether (sulfide) groups is 1. The molecule has 0 spiro atoms. The summed E-state index contributed by atoms with van der Waals surface area (Å²) in [6.45, 7) is 4.55. The second kappa shape index (κ2) is 15.7. The van der Waals surface area contributed by atoms with Crippen LogP contribution in [0.1, 0.15) is 66.5 Å². The number of rotatable bonds is 8.